The van der Waals surface area contributed by atoms with Gasteiger partial charge in [-0.05, 0) is 25.7 Å². The van der Waals surface area contributed by atoms with E-state index >= 15 is 0 Å². The summed E-state index contributed by atoms with van der Waals surface area (Å²) in [5.41, 5.74) is 0. The predicted octanol–water partition coefficient (Wildman–Crippen LogP) is 3.75. The SMILES string of the molecule is C/C=C(/C(O)C1CCCCC1)[Si](C)(C)C. The Bertz CT molecular complexity index is 221. The van der Waals surface area contributed by atoms with E-state index in [1.54, 1.807) is 0 Å². The first kappa shape index (κ1) is 13.0. The van der Waals surface area contributed by atoms with Crippen LogP contribution in [-0.4, -0.2) is 19.3 Å². The number of aliphatic hydroxyl groups excluding tert-OH is 1. The van der Waals surface area contributed by atoms with Gasteiger partial charge >= 0.3 is 0 Å². The van der Waals surface area contributed by atoms with Crippen LogP contribution in [-0.2, 0) is 0 Å². The highest BCUT2D eigenvalue weighted by atomic mass is 28.3. The second kappa shape index (κ2) is 5.31. The molecule has 0 aromatic heterocycles. The molecule has 0 aliphatic heterocycles. The fourth-order valence-electron chi connectivity index (χ4n) is 2.75. The van der Waals surface area contributed by atoms with Gasteiger partial charge in [0.2, 0.25) is 0 Å². The van der Waals surface area contributed by atoms with Crippen molar-refractivity contribution in [1.29, 1.82) is 0 Å². The molecule has 0 aromatic carbocycles. The van der Waals surface area contributed by atoms with Gasteiger partial charge in [-0.1, -0.05) is 50.2 Å². The summed E-state index contributed by atoms with van der Waals surface area (Å²) >= 11 is 0. The molecule has 1 atom stereocenters. The van der Waals surface area contributed by atoms with Crippen LogP contribution < -0.4 is 0 Å². The van der Waals surface area contributed by atoms with Gasteiger partial charge < -0.3 is 5.11 Å². The van der Waals surface area contributed by atoms with Gasteiger partial charge in [-0.15, -0.1) is 0 Å². The Labute approximate surface area is 95.6 Å². The van der Waals surface area contributed by atoms with Crippen LogP contribution in [0.2, 0.25) is 19.6 Å². The lowest BCUT2D eigenvalue weighted by molar-refractivity contribution is 0.120. The number of allylic oxidation sites excluding steroid dienone is 1. The zero-order chi connectivity index (χ0) is 11.5. The van der Waals surface area contributed by atoms with Gasteiger partial charge in [0.25, 0.3) is 0 Å². The standard InChI is InChI=1S/C13H26OSi/c1-5-12(15(2,3)4)13(14)11-9-7-6-8-10-11/h5,11,13-14H,6-10H2,1-4H3/b12-5-. The van der Waals surface area contributed by atoms with Crippen LogP contribution in [0.25, 0.3) is 0 Å². The van der Waals surface area contributed by atoms with Crippen molar-refractivity contribution in [2.45, 2.75) is 64.8 Å². The first-order valence-electron chi connectivity index (χ1n) is 6.31. The third-order valence-electron chi connectivity index (χ3n) is 3.59. The number of hydrogen-bond acceptors (Lipinski definition) is 1. The van der Waals surface area contributed by atoms with Crippen LogP contribution in [0.1, 0.15) is 39.0 Å². The van der Waals surface area contributed by atoms with Gasteiger partial charge in [0, 0.05) is 0 Å². The van der Waals surface area contributed by atoms with E-state index in [-0.39, 0.29) is 6.10 Å². The van der Waals surface area contributed by atoms with Crippen molar-refractivity contribution in [3.05, 3.63) is 11.3 Å². The van der Waals surface area contributed by atoms with Crippen LogP contribution >= 0.6 is 0 Å². The minimum absolute atomic E-state index is 0.151. The molecule has 1 fully saturated rings. The third kappa shape index (κ3) is 3.46. The van der Waals surface area contributed by atoms with E-state index in [0.29, 0.717) is 5.92 Å². The van der Waals surface area contributed by atoms with Crippen molar-refractivity contribution in [2.75, 3.05) is 0 Å². The van der Waals surface area contributed by atoms with Crippen molar-refractivity contribution in [2.24, 2.45) is 5.92 Å². The quantitative estimate of drug-likeness (QED) is 0.727. The van der Waals surface area contributed by atoms with Crippen molar-refractivity contribution in [1.82, 2.24) is 0 Å². The predicted molar refractivity (Wildman–Crippen MR) is 69.7 cm³/mol. The molecule has 1 aliphatic rings. The lowest BCUT2D eigenvalue weighted by Gasteiger charge is -2.33. The zero-order valence-corrected chi connectivity index (χ0v) is 11.7. The van der Waals surface area contributed by atoms with Crippen molar-refractivity contribution in [3.63, 3.8) is 0 Å². The van der Waals surface area contributed by atoms with Crippen LogP contribution in [0.4, 0.5) is 0 Å². The average molecular weight is 226 g/mol. The first-order valence-corrected chi connectivity index (χ1v) is 9.81. The summed E-state index contributed by atoms with van der Waals surface area (Å²) in [4.78, 5) is 0. The fraction of sp³-hybridized carbons (Fsp3) is 0.846. The summed E-state index contributed by atoms with van der Waals surface area (Å²) in [6.45, 7) is 9.07. The summed E-state index contributed by atoms with van der Waals surface area (Å²) in [6, 6.07) is 0. The summed E-state index contributed by atoms with van der Waals surface area (Å²) in [5, 5.41) is 11.8. The van der Waals surface area contributed by atoms with Gasteiger partial charge in [0.15, 0.2) is 0 Å². The Hall–Kier alpha value is -0.0831. The summed E-state index contributed by atoms with van der Waals surface area (Å²) < 4.78 is 0. The maximum atomic E-state index is 10.4. The normalized spacial score (nSPS) is 22.9. The zero-order valence-electron chi connectivity index (χ0n) is 10.7. The smallest absolute Gasteiger partial charge is 0.0753 e. The highest BCUT2D eigenvalue weighted by Gasteiger charge is 2.31. The second-order valence-corrected chi connectivity index (χ2v) is 10.9. The first-order chi connectivity index (χ1) is 6.96. The molecular weight excluding hydrogens is 200 g/mol. The topological polar surface area (TPSA) is 20.2 Å². The molecule has 1 unspecified atom stereocenters. The molecule has 2 heteroatoms. The van der Waals surface area contributed by atoms with Crippen molar-refractivity contribution < 1.29 is 5.11 Å². The molecule has 1 N–H and O–H groups in total. The molecule has 0 aromatic rings. The lowest BCUT2D eigenvalue weighted by atomic mass is 9.85. The number of rotatable bonds is 3. The highest BCUT2D eigenvalue weighted by molar-refractivity contribution is 6.83. The van der Waals surface area contributed by atoms with E-state index in [1.807, 2.05) is 0 Å². The largest absolute Gasteiger partial charge is 0.389 e. The summed E-state index contributed by atoms with van der Waals surface area (Å²) in [7, 11) is -1.32. The van der Waals surface area contributed by atoms with Gasteiger partial charge in [-0.25, -0.2) is 0 Å². The van der Waals surface area contributed by atoms with E-state index in [4.69, 9.17) is 0 Å². The number of hydrogen-bond donors (Lipinski definition) is 1. The average Bonchev–Trinajstić information content (AvgIpc) is 2.18. The summed E-state index contributed by atoms with van der Waals surface area (Å²) in [6.07, 6.45) is 8.45. The minimum atomic E-state index is -1.32. The molecule has 1 saturated carbocycles. The Balaban J connectivity index is 2.68. The Morgan fingerprint density at radius 2 is 1.73 bits per heavy atom. The highest BCUT2D eigenvalue weighted by Crippen LogP contribution is 2.32. The molecule has 0 radical (unpaired) electrons. The van der Waals surface area contributed by atoms with Crippen LogP contribution in [0.15, 0.2) is 11.3 Å². The maximum absolute atomic E-state index is 10.4. The summed E-state index contributed by atoms with van der Waals surface area (Å²) in [5.74, 6) is 0.539. The monoisotopic (exact) mass is 226 g/mol. The van der Waals surface area contributed by atoms with Gasteiger partial charge in [0.1, 0.15) is 0 Å². The molecule has 0 spiro atoms. The third-order valence-corrected chi connectivity index (χ3v) is 5.91. The molecule has 88 valence electrons. The lowest BCUT2D eigenvalue weighted by Crippen LogP contribution is -2.37. The molecule has 1 nitrogen and oxygen atoms in total. The molecule has 15 heavy (non-hydrogen) atoms. The van der Waals surface area contributed by atoms with E-state index in [1.165, 1.54) is 37.3 Å². The Morgan fingerprint density at radius 1 is 1.20 bits per heavy atom. The van der Waals surface area contributed by atoms with E-state index in [2.05, 4.69) is 32.6 Å². The molecule has 0 bridgehead atoms. The fourth-order valence-corrected chi connectivity index (χ4v) is 4.74. The van der Waals surface area contributed by atoms with Crippen LogP contribution in [0, 0.1) is 5.92 Å². The van der Waals surface area contributed by atoms with Crippen molar-refractivity contribution in [3.8, 4) is 0 Å². The molecule has 0 heterocycles. The van der Waals surface area contributed by atoms with Crippen LogP contribution in [0.5, 0.6) is 0 Å². The molecule has 1 rings (SSSR count). The Morgan fingerprint density at radius 3 is 2.13 bits per heavy atom. The van der Waals surface area contributed by atoms with Crippen LogP contribution in [0.3, 0.4) is 0 Å². The molecular formula is C13H26OSi. The minimum Gasteiger partial charge on any atom is -0.389 e. The maximum Gasteiger partial charge on any atom is 0.0753 e. The molecule has 1 aliphatic carbocycles. The van der Waals surface area contributed by atoms with E-state index in [9.17, 15) is 5.11 Å². The second-order valence-electron chi connectivity index (χ2n) is 5.84. The van der Waals surface area contributed by atoms with Gasteiger partial charge in [0.05, 0.1) is 14.2 Å². The van der Waals surface area contributed by atoms with Gasteiger partial charge in [-0.2, -0.15) is 0 Å². The molecule has 0 saturated heterocycles. The number of aliphatic hydroxyl groups is 1. The Kier molecular flexibility index (Phi) is 4.59. The van der Waals surface area contributed by atoms with E-state index in [0.717, 1.165) is 0 Å². The van der Waals surface area contributed by atoms with Gasteiger partial charge in [-0.3, -0.25) is 0 Å². The van der Waals surface area contributed by atoms with Crippen molar-refractivity contribution >= 4 is 8.07 Å². The molecule has 0 amide bonds. The van der Waals surface area contributed by atoms with E-state index < -0.39 is 8.07 Å².